The van der Waals surface area contributed by atoms with Gasteiger partial charge in [-0.2, -0.15) is 0 Å². The monoisotopic (exact) mass is 345 g/mol. The van der Waals surface area contributed by atoms with Crippen LogP contribution in [0.15, 0.2) is 24.3 Å². The lowest BCUT2D eigenvalue weighted by Crippen LogP contribution is -2.24. The molecule has 0 saturated heterocycles. The lowest BCUT2D eigenvalue weighted by molar-refractivity contribution is -0.116. The summed E-state index contributed by atoms with van der Waals surface area (Å²) in [4.78, 5) is 12.2. The molecule has 132 valence electrons. The average molecular weight is 345 g/mol. The van der Waals surface area contributed by atoms with Gasteiger partial charge in [0, 0.05) is 30.2 Å². The Hall–Kier alpha value is -2.76. The number of aryl methyl sites for hydroxylation is 1. The molecule has 3 rings (SSSR count). The molecular weight excluding hydrogens is 325 g/mol. The van der Waals surface area contributed by atoms with Crippen LogP contribution in [0, 0.1) is 12.7 Å². The smallest absolute Gasteiger partial charge is 0.225 e. The van der Waals surface area contributed by atoms with Gasteiger partial charge < -0.3 is 19.5 Å². The van der Waals surface area contributed by atoms with Crippen LogP contribution in [0.25, 0.3) is 0 Å². The van der Waals surface area contributed by atoms with Crippen molar-refractivity contribution >= 4 is 11.6 Å². The topological polar surface area (TPSA) is 56.8 Å². The number of benzene rings is 2. The van der Waals surface area contributed by atoms with Gasteiger partial charge in [0.2, 0.25) is 5.91 Å². The summed E-state index contributed by atoms with van der Waals surface area (Å²) in [5.74, 6) is 0.404. The van der Waals surface area contributed by atoms with E-state index in [0.29, 0.717) is 28.5 Å². The third-order valence-electron chi connectivity index (χ3n) is 4.48. The predicted molar refractivity (Wildman–Crippen MR) is 92.3 cm³/mol. The number of amides is 1. The molecule has 0 saturated carbocycles. The quantitative estimate of drug-likeness (QED) is 0.919. The Labute approximate surface area is 145 Å². The van der Waals surface area contributed by atoms with Crippen LogP contribution in [0.2, 0.25) is 0 Å². The zero-order valence-electron chi connectivity index (χ0n) is 14.6. The van der Waals surface area contributed by atoms with Crippen LogP contribution in [-0.2, 0) is 4.79 Å². The number of anilines is 1. The van der Waals surface area contributed by atoms with E-state index in [0.717, 1.165) is 11.1 Å². The molecule has 5 nitrogen and oxygen atoms in total. The fourth-order valence-corrected chi connectivity index (χ4v) is 3.24. The number of halogens is 1. The summed E-state index contributed by atoms with van der Waals surface area (Å²) in [5, 5.41) is 2.83. The Balaban J connectivity index is 2.16. The molecular formula is C19H20FNO4. The van der Waals surface area contributed by atoms with E-state index in [4.69, 9.17) is 14.2 Å². The number of carbonyl (C=O) groups is 1. The molecule has 0 radical (unpaired) electrons. The van der Waals surface area contributed by atoms with Crippen LogP contribution in [-0.4, -0.2) is 27.2 Å². The molecule has 1 aliphatic heterocycles. The van der Waals surface area contributed by atoms with Crippen LogP contribution in [0.5, 0.6) is 17.2 Å². The minimum atomic E-state index is -0.434. The Kier molecular flexibility index (Phi) is 4.53. The van der Waals surface area contributed by atoms with E-state index in [2.05, 4.69) is 5.32 Å². The molecule has 25 heavy (non-hydrogen) atoms. The summed E-state index contributed by atoms with van der Waals surface area (Å²) in [6, 6.07) is 6.58. The highest BCUT2D eigenvalue weighted by Gasteiger charge is 2.30. The molecule has 1 unspecified atom stereocenters. The number of nitrogens with one attached hydrogen (secondary N) is 1. The minimum absolute atomic E-state index is 0.158. The number of methoxy groups -OCH3 is 3. The van der Waals surface area contributed by atoms with Crippen molar-refractivity contribution in [2.45, 2.75) is 19.3 Å². The maximum atomic E-state index is 14.7. The highest BCUT2D eigenvalue weighted by molar-refractivity contribution is 5.95. The van der Waals surface area contributed by atoms with Crippen LogP contribution in [0.4, 0.5) is 10.1 Å². The van der Waals surface area contributed by atoms with Crippen LogP contribution in [0.1, 0.15) is 29.0 Å². The second-order valence-electron chi connectivity index (χ2n) is 5.94. The Bertz CT molecular complexity index is 835. The molecule has 1 N–H and O–H groups in total. The first-order chi connectivity index (χ1) is 12.0. The van der Waals surface area contributed by atoms with Gasteiger partial charge in [-0.1, -0.05) is 0 Å². The van der Waals surface area contributed by atoms with Crippen LogP contribution >= 0.6 is 0 Å². The number of hydrogen-bond donors (Lipinski definition) is 1. The number of rotatable bonds is 4. The highest BCUT2D eigenvalue weighted by atomic mass is 19.1. The van der Waals surface area contributed by atoms with E-state index < -0.39 is 11.7 Å². The number of hydrogen-bond acceptors (Lipinski definition) is 4. The second-order valence-corrected chi connectivity index (χ2v) is 5.94. The Morgan fingerprint density at radius 2 is 1.60 bits per heavy atom. The van der Waals surface area contributed by atoms with Gasteiger partial charge in [0.25, 0.3) is 0 Å². The van der Waals surface area contributed by atoms with Gasteiger partial charge in [0.1, 0.15) is 11.6 Å². The molecule has 0 bridgehead atoms. The van der Waals surface area contributed by atoms with Gasteiger partial charge in [0.15, 0.2) is 11.5 Å². The number of ether oxygens (including phenoxy) is 3. The lowest BCUT2D eigenvalue weighted by atomic mass is 9.83. The largest absolute Gasteiger partial charge is 0.496 e. The SMILES string of the molecule is COc1cc2c(cc1C)C(c1cc(OC)c(OC)cc1F)CC(=O)N2. The molecule has 0 spiro atoms. The first-order valence-electron chi connectivity index (χ1n) is 7.88. The minimum Gasteiger partial charge on any atom is -0.496 e. The van der Waals surface area contributed by atoms with Crippen LogP contribution in [0.3, 0.4) is 0 Å². The summed E-state index contributed by atoms with van der Waals surface area (Å²) in [5.41, 5.74) is 2.81. The first kappa shape index (κ1) is 17.1. The summed E-state index contributed by atoms with van der Waals surface area (Å²) in [6.07, 6.45) is 0.158. The van der Waals surface area contributed by atoms with E-state index in [1.807, 2.05) is 13.0 Å². The summed E-state index contributed by atoms with van der Waals surface area (Å²) < 4.78 is 30.5. The molecule has 2 aromatic carbocycles. The van der Waals surface area contributed by atoms with Crippen molar-refractivity contribution in [3.63, 3.8) is 0 Å². The van der Waals surface area contributed by atoms with Crippen LogP contribution < -0.4 is 19.5 Å². The normalized spacial score (nSPS) is 16.0. The second kappa shape index (κ2) is 6.63. The van der Waals surface area contributed by atoms with Crippen molar-refractivity contribution in [1.29, 1.82) is 0 Å². The molecule has 6 heteroatoms. The first-order valence-corrected chi connectivity index (χ1v) is 7.88. The van der Waals surface area contributed by atoms with Gasteiger partial charge in [-0.15, -0.1) is 0 Å². The summed E-state index contributed by atoms with van der Waals surface area (Å²) in [6.45, 7) is 1.91. The average Bonchev–Trinajstić information content (AvgIpc) is 2.60. The van der Waals surface area contributed by atoms with Gasteiger partial charge in [-0.05, 0) is 35.7 Å². The number of carbonyl (C=O) groups excluding carboxylic acids is 1. The Morgan fingerprint density at radius 3 is 2.24 bits per heavy atom. The van der Waals surface area contributed by atoms with Gasteiger partial charge in [-0.3, -0.25) is 4.79 Å². The van der Waals surface area contributed by atoms with Crippen molar-refractivity contribution in [2.75, 3.05) is 26.6 Å². The third kappa shape index (κ3) is 2.99. The van der Waals surface area contributed by atoms with Crippen molar-refractivity contribution in [1.82, 2.24) is 0 Å². The van der Waals surface area contributed by atoms with E-state index >= 15 is 0 Å². The summed E-state index contributed by atoms with van der Waals surface area (Å²) >= 11 is 0. The molecule has 0 aliphatic carbocycles. The maximum Gasteiger partial charge on any atom is 0.225 e. The van der Waals surface area contributed by atoms with Crippen molar-refractivity contribution < 1.29 is 23.4 Å². The maximum absolute atomic E-state index is 14.7. The van der Waals surface area contributed by atoms with Crippen molar-refractivity contribution in [3.8, 4) is 17.2 Å². The summed E-state index contributed by atoms with van der Waals surface area (Å²) in [7, 11) is 4.52. The highest BCUT2D eigenvalue weighted by Crippen LogP contribution is 2.43. The zero-order valence-corrected chi connectivity index (χ0v) is 14.6. The molecule has 2 aromatic rings. The van der Waals surface area contributed by atoms with Gasteiger partial charge in [0.05, 0.1) is 21.3 Å². The molecule has 1 amide bonds. The molecule has 1 atom stereocenters. The van der Waals surface area contributed by atoms with E-state index in [9.17, 15) is 9.18 Å². The van der Waals surface area contributed by atoms with E-state index in [-0.39, 0.29) is 12.3 Å². The van der Waals surface area contributed by atoms with Gasteiger partial charge in [-0.25, -0.2) is 4.39 Å². The van der Waals surface area contributed by atoms with Gasteiger partial charge >= 0.3 is 0 Å². The molecule has 0 aromatic heterocycles. The molecule has 0 fully saturated rings. The van der Waals surface area contributed by atoms with E-state index in [1.54, 1.807) is 19.2 Å². The lowest BCUT2D eigenvalue weighted by Gasteiger charge is -2.28. The van der Waals surface area contributed by atoms with E-state index in [1.165, 1.54) is 20.3 Å². The molecule has 1 heterocycles. The fourth-order valence-electron chi connectivity index (χ4n) is 3.24. The standard InChI is InChI=1S/C19H20FNO4/c1-10-5-13-11(7-19(22)21-15(13)9-16(10)23-2)12-6-17(24-3)18(25-4)8-14(12)20/h5-6,8-9,11H,7H2,1-4H3,(H,21,22). The predicted octanol–water partition coefficient (Wildman–Crippen LogP) is 3.63. The fraction of sp³-hybridized carbons (Fsp3) is 0.316. The molecule has 1 aliphatic rings. The zero-order chi connectivity index (χ0) is 18.1. The Morgan fingerprint density at radius 1 is 0.960 bits per heavy atom. The van der Waals surface area contributed by atoms with Crippen molar-refractivity contribution in [3.05, 3.63) is 46.8 Å². The van der Waals surface area contributed by atoms with Crippen molar-refractivity contribution in [2.24, 2.45) is 0 Å². The number of fused-ring (bicyclic) bond motifs is 1. The third-order valence-corrected chi connectivity index (χ3v) is 4.48.